The van der Waals surface area contributed by atoms with Crippen LogP contribution >= 0.6 is 0 Å². The Balaban J connectivity index is 1.91. The number of hydrogen-bond acceptors (Lipinski definition) is 3. The summed E-state index contributed by atoms with van der Waals surface area (Å²) < 4.78 is 1.48. The number of anilines is 1. The van der Waals surface area contributed by atoms with Gasteiger partial charge < -0.3 is 15.2 Å². The number of amides is 2. The maximum Gasteiger partial charge on any atom is 0.313 e. The predicted octanol–water partition coefficient (Wildman–Crippen LogP) is 2.53. The molecule has 2 rings (SSSR count). The lowest BCUT2D eigenvalue weighted by molar-refractivity contribution is -0.136. The maximum atomic E-state index is 12.2. The lowest BCUT2D eigenvalue weighted by Crippen LogP contribution is -2.43. The molecular weight excluding hydrogens is 318 g/mol. The van der Waals surface area contributed by atoms with E-state index in [9.17, 15) is 14.4 Å². The minimum Gasteiger partial charge on any atom is -0.345 e. The van der Waals surface area contributed by atoms with Gasteiger partial charge >= 0.3 is 11.8 Å². The van der Waals surface area contributed by atoms with Crippen molar-refractivity contribution in [3.8, 4) is 0 Å². The van der Waals surface area contributed by atoms with Gasteiger partial charge in [-0.2, -0.15) is 0 Å². The van der Waals surface area contributed by atoms with E-state index in [1.54, 1.807) is 6.20 Å². The van der Waals surface area contributed by atoms with Crippen LogP contribution in [-0.4, -0.2) is 22.4 Å². The molecular formula is C19H29N3O3. The number of aryl methyl sites for hydroxylation is 1. The maximum absolute atomic E-state index is 12.2. The third-order valence-corrected chi connectivity index (χ3v) is 4.88. The molecule has 0 bridgehead atoms. The van der Waals surface area contributed by atoms with E-state index in [0.717, 1.165) is 32.1 Å². The molecule has 0 saturated heterocycles. The van der Waals surface area contributed by atoms with Crippen molar-refractivity contribution < 1.29 is 9.59 Å². The lowest BCUT2D eigenvalue weighted by Gasteiger charge is -2.21. The molecule has 2 amide bonds. The number of nitrogens with one attached hydrogen (secondary N) is 2. The van der Waals surface area contributed by atoms with Crippen LogP contribution in [0.2, 0.25) is 0 Å². The van der Waals surface area contributed by atoms with E-state index >= 15 is 0 Å². The van der Waals surface area contributed by atoms with Crippen LogP contribution in [0.5, 0.6) is 0 Å². The highest BCUT2D eigenvalue weighted by Crippen LogP contribution is 2.30. The van der Waals surface area contributed by atoms with Crippen LogP contribution < -0.4 is 16.2 Å². The SMILES string of the molecule is CCn1cc(NC(=O)C(=O)NC2CCCC2CCC(C)C)ccc1=O. The number of hydrogen-bond donors (Lipinski definition) is 2. The first kappa shape index (κ1) is 19.2. The molecule has 2 unspecified atom stereocenters. The van der Waals surface area contributed by atoms with Gasteiger partial charge in [-0.1, -0.05) is 26.7 Å². The topological polar surface area (TPSA) is 80.2 Å². The average Bonchev–Trinajstić information content (AvgIpc) is 3.01. The average molecular weight is 347 g/mol. The van der Waals surface area contributed by atoms with Gasteiger partial charge in [0.25, 0.3) is 5.56 Å². The Morgan fingerprint density at radius 1 is 1.24 bits per heavy atom. The molecule has 1 aromatic rings. The zero-order chi connectivity index (χ0) is 18.4. The first-order chi connectivity index (χ1) is 11.9. The van der Waals surface area contributed by atoms with Gasteiger partial charge in [-0.3, -0.25) is 14.4 Å². The number of nitrogens with zero attached hydrogens (tertiary/aromatic N) is 1. The van der Waals surface area contributed by atoms with Crippen molar-refractivity contribution in [3.63, 3.8) is 0 Å². The molecule has 1 aliphatic rings. The van der Waals surface area contributed by atoms with E-state index < -0.39 is 11.8 Å². The van der Waals surface area contributed by atoms with Gasteiger partial charge in [-0.25, -0.2) is 0 Å². The summed E-state index contributed by atoms with van der Waals surface area (Å²) in [5.41, 5.74) is 0.313. The van der Waals surface area contributed by atoms with E-state index in [-0.39, 0.29) is 11.6 Å². The lowest BCUT2D eigenvalue weighted by atomic mass is 9.93. The molecule has 1 aromatic heterocycles. The fourth-order valence-corrected chi connectivity index (χ4v) is 3.39. The van der Waals surface area contributed by atoms with Gasteiger partial charge in [0, 0.05) is 24.8 Å². The van der Waals surface area contributed by atoms with Crippen molar-refractivity contribution >= 4 is 17.5 Å². The van der Waals surface area contributed by atoms with Crippen LogP contribution in [0, 0.1) is 11.8 Å². The van der Waals surface area contributed by atoms with Crippen molar-refractivity contribution in [2.45, 2.75) is 65.5 Å². The fourth-order valence-electron chi connectivity index (χ4n) is 3.39. The van der Waals surface area contributed by atoms with Crippen molar-refractivity contribution in [2.24, 2.45) is 11.8 Å². The van der Waals surface area contributed by atoms with Crippen LogP contribution in [-0.2, 0) is 16.1 Å². The van der Waals surface area contributed by atoms with Gasteiger partial charge in [0.05, 0.1) is 5.69 Å². The Hall–Kier alpha value is -2.11. The van der Waals surface area contributed by atoms with Crippen molar-refractivity contribution in [1.82, 2.24) is 9.88 Å². The zero-order valence-electron chi connectivity index (χ0n) is 15.4. The fraction of sp³-hybridized carbons (Fsp3) is 0.632. The molecule has 0 spiro atoms. The summed E-state index contributed by atoms with van der Waals surface area (Å²) in [6.07, 6.45) is 6.92. The van der Waals surface area contributed by atoms with E-state index in [0.29, 0.717) is 24.1 Å². The van der Waals surface area contributed by atoms with Crippen molar-refractivity contribution in [3.05, 3.63) is 28.7 Å². The Kier molecular flexibility index (Phi) is 6.79. The van der Waals surface area contributed by atoms with Crippen molar-refractivity contribution in [1.29, 1.82) is 0 Å². The monoisotopic (exact) mass is 347 g/mol. The Morgan fingerprint density at radius 2 is 2.00 bits per heavy atom. The third kappa shape index (κ3) is 5.44. The summed E-state index contributed by atoms with van der Waals surface area (Å²) in [7, 11) is 0. The van der Waals surface area contributed by atoms with Crippen molar-refractivity contribution in [2.75, 3.05) is 5.32 Å². The Bertz CT molecular complexity index is 666. The van der Waals surface area contributed by atoms with Crippen LogP contribution in [0.25, 0.3) is 0 Å². The second-order valence-corrected chi connectivity index (χ2v) is 7.24. The molecule has 1 saturated carbocycles. The smallest absolute Gasteiger partial charge is 0.313 e. The van der Waals surface area contributed by atoms with E-state index in [1.165, 1.54) is 16.7 Å². The zero-order valence-corrected chi connectivity index (χ0v) is 15.4. The highest BCUT2D eigenvalue weighted by atomic mass is 16.2. The normalized spacial score (nSPS) is 19.8. The van der Waals surface area contributed by atoms with E-state index in [1.807, 2.05) is 6.92 Å². The summed E-state index contributed by atoms with van der Waals surface area (Å²) >= 11 is 0. The molecule has 1 aliphatic carbocycles. The van der Waals surface area contributed by atoms with E-state index in [4.69, 9.17) is 0 Å². The third-order valence-electron chi connectivity index (χ3n) is 4.88. The molecule has 25 heavy (non-hydrogen) atoms. The minimum atomic E-state index is -0.684. The van der Waals surface area contributed by atoms with Crippen LogP contribution in [0.15, 0.2) is 23.1 Å². The number of carbonyl (C=O) groups excluding carboxylic acids is 2. The van der Waals surface area contributed by atoms with Crippen LogP contribution in [0.1, 0.15) is 52.9 Å². The molecule has 0 radical (unpaired) electrons. The predicted molar refractivity (Wildman–Crippen MR) is 98.3 cm³/mol. The molecule has 0 aromatic carbocycles. The van der Waals surface area contributed by atoms with Gasteiger partial charge in [-0.15, -0.1) is 0 Å². The standard InChI is InChI=1S/C19H29N3O3/c1-4-22-12-15(10-11-17(22)23)20-18(24)19(25)21-16-7-5-6-14(16)9-8-13(2)3/h10-14,16H,4-9H2,1-3H3,(H,20,24)(H,21,25). The van der Waals surface area contributed by atoms with E-state index in [2.05, 4.69) is 24.5 Å². The minimum absolute atomic E-state index is 0.0848. The van der Waals surface area contributed by atoms with Gasteiger partial charge in [0.1, 0.15) is 0 Å². The second-order valence-electron chi connectivity index (χ2n) is 7.24. The number of rotatable bonds is 6. The molecule has 138 valence electrons. The Labute approximate surface area is 149 Å². The largest absolute Gasteiger partial charge is 0.345 e. The van der Waals surface area contributed by atoms with Gasteiger partial charge in [0.15, 0.2) is 0 Å². The highest BCUT2D eigenvalue weighted by molar-refractivity contribution is 6.39. The molecule has 6 heteroatoms. The summed E-state index contributed by atoms with van der Waals surface area (Å²) in [6, 6.07) is 2.98. The first-order valence-electron chi connectivity index (χ1n) is 9.23. The first-order valence-corrected chi connectivity index (χ1v) is 9.23. The molecule has 6 nitrogen and oxygen atoms in total. The summed E-state index contributed by atoms with van der Waals surface area (Å²) in [5, 5.41) is 5.47. The quantitative estimate of drug-likeness (QED) is 0.776. The molecule has 2 atom stereocenters. The summed E-state index contributed by atoms with van der Waals surface area (Å²) in [4.78, 5) is 35.9. The molecule has 1 fully saturated rings. The highest BCUT2D eigenvalue weighted by Gasteiger charge is 2.30. The van der Waals surface area contributed by atoms with Crippen LogP contribution in [0.4, 0.5) is 5.69 Å². The summed E-state index contributed by atoms with van der Waals surface area (Å²) in [6.45, 7) is 6.75. The molecule has 2 N–H and O–H groups in total. The summed E-state index contributed by atoms with van der Waals surface area (Å²) in [5.74, 6) is -0.179. The van der Waals surface area contributed by atoms with Gasteiger partial charge in [0.2, 0.25) is 0 Å². The Morgan fingerprint density at radius 3 is 2.68 bits per heavy atom. The number of carbonyl (C=O) groups is 2. The second kappa shape index (κ2) is 8.83. The molecule has 0 aliphatic heterocycles. The molecule has 1 heterocycles. The van der Waals surface area contributed by atoms with Gasteiger partial charge in [-0.05, 0) is 44.1 Å². The number of aromatic nitrogens is 1. The van der Waals surface area contributed by atoms with Crippen LogP contribution in [0.3, 0.4) is 0 Å². The number of pyridine rings is 1.